The van der Waals surface area contributed by atoms with Crippen LogP contribution in [0, 0.1) is 0 Å². The molecular formula is C14H17Cl2N3. The molecule has 0 bridgehead atoms. The van der Waals surface area contributed by atoms with Crippen LogP contribution in [-0.4, -0.2) is 9.78 Å². The van der Waals surface area contributed by atoms with E-state index < -0.39 is 0 Å². The van der Waals surface area contributed by atoms with Crippen molar-refractivity contribution in [3.8, 4) is 11.3 Å². The second-order valence-electron chi connectivity index (χ2n) is 4.48. The molecule has 102 valence electrons. The Labute approximate surface area is 123 Å². The maximum absolute atomic E-state index is 6.22. The number of aromatic nitrogens is 2. The number of hydrogen-bond donors (Lipinski definition) is 1. The van der Waals surface area contributed by atoms with E-state index in [9.17, 15) is 0 Å². The Morgan fingerprint density at radius 2 is 1.95 bits per heavy atom. The molecule has 5 heteroatoms. The molecule has 0 atom stereocenters. The molecule has 2 rings (SSSR count). The lowest BCUT2D eigenvalue weighted by molar-refractivity contribution is 0.429. The molecule has 0 fully saturated rings. The fourth-order valence-electron chi connectivity index (χ4n) is 2.15. The van der Waals surface area contributed by atoms with Gasteiger partial charge in [-0.2, -0.15) is 5.10 Å². The summed E-state index contributed by atoms with van der Waals surface area (Å²) in [6.45, 7) is 4.27. The van der Waals surface area contributed by atoms with Gasteiger partial charge in [-0.3, -0.25) is 4.68 Å². The second-order valence-corrected chi connectivity index (χ2v) is 5.27. The number of nitrogen functional groups attached to an aromatic ring is 1. The van der Waals surface area contributed by atoms with Crippen LogP contribution in [0.15, 0.2) is 24.4 Å². The van der Waals surface area contributed by atoms with Gasteiger partial charge in [-0.05, 0) is 18.9 Å². The number of hydrogen-bond acceptors (Lipinski definition) is 2. The van der Waals surface area contributed by atoms with Crippen molar-refractivity contribution < 1.29 is 0 Å². The topological polar surface area (TPSA) is 43.8 Å². The van der Waals surface area contributed by atoms with Gasteiger partial charge in [-0.25, -0.2) is 0 Å². The highest BCUT2D eigenvalue weighted by molar-refractivity contribution is 6.43. The third-order valence-electron chi connectivity index (χ3n) is 3.28. The first-order chi connectivity index (χ1) is 9.08. The molecule has 2 N–H and O–H groups in total. The molecule has 0 unspecified atom stereocenters. The Bertz CT molecular complexity index is 574. The summed E-state index contributed by atoms with van der Waals surface area (Å²) in [6.07, 6.45) is 3.89. The van der Waals surface area contributed by atoms with Gasteiger partial charge in [0.2, 0.25) is 0 Å². The lowest BCUT2D eigenvalue weighted by Gasteiger charge is -2.12. The van der Waals surface area contributed by atoms with Crippen LogP contribution in [-0.2, 0) is 0 Å². The van der Waals surface area contributed by atoms with E-state index in [-0.39, 0.29) is 0 Å². The number of nitrogens with two attached hydrogens (primary N) is 1. The molecule has 1 heterocycles. The van der Waals surface area contributed by atoms with Crippen molar-refractivity contribution >= 4 is 28.9 Å². The van der Waals surface area contributed by atoms with E-state index in [2.05, 4.69) is 18.9 Å². The van der Waals surface area contributed by atoms with Crippen molar-refractivity contribution in [1.82, 2.24) is 9.78 Å². The molecule has 0 aliphatic carbocycles. The van der Waals surface area contributed by atoms with Crippen molar-refractivity contribution in [2.75, 3.05) is 5.73 Å². The van der Waals surface area contributed by atoms with Crippen molar-refractivity contribution in [3.63, 3.8) is 0 Å². The van der Waals surface area contributed by atoms with E-state index in [0.717, 1.165) is 18.4 Å². The lowest BCUT2D eigenvalue weighted by Crippen LogP contribution is -2.07. The fourth-order valence-corrected chi connectivity index (χ4v) is 2.54. The van der Waals surface area contributed by atoms with Crippen LogP contribution < -0.4 is 5.73 Å². The van der Waals surface area contributed by atoms with Crippen molar-refractivity contribution in [2.45, 2.75) is 32.7 Å². The Balaban J connectivity index is 2.49. The van der Waals surface area contributed by atoms with Gasteiger partial charge < -0.3 is 5.73 Å². The number of benzene rings is 1. The van der Waals surface area contributed by atoms with Crippen molar-refractivity contribution in [1.29, 1.82) is 0 Å². The summed E-state index contributed by atoms with van der Waals surface area (Å²) in [5.41, 5.74) is 8.14. The summed E-state index contributed by atoms with van der Waals surface area (Å²) in [5, 5.41) is 5.57. The monoisotopic (exact) mass is 297 g/mol. The van der Waals surface area contributed by atoms with Gasteiger partial charge in [0.1, 0.15) is 5.69 Å². The van der Waals surface area contributed by atoms with Crippen LogP contribution in [0.4, 0.5) is 5.69 Å². The van der Waals surface area contributed by atoms with E-state index in [1.165, 1.54) is 0 Å². The Morgan fingerprint density at radius 3 is 2.58 bits per heavy atom. The van der Waals surface area contributed by atoms with Gasteiger partial charge in [-0.15, -0.1) is 0 Å². The SMILES string of the molecule is CCC(CC)n1cc(N)c(-c2cccc(Cl)c2Cl)n1. The standard InChI is InChI=1S/C14H17Cl2N3/c1-3-9(4-2)19-8-12(17)14(18-19)10-6-5-7-11(15)13(10)16/h5-9H,3-4,17H2,1-2H3. The van der Waals surface area contributed by atoms with Crippen LogP contribution in [0.5, 0.6) is 0 Å². The maximum Gasteiger partial charge on any atom is 0.117 e. The van der Waals surface area contributed by atoms with Crippen molar-refractivity contribution in [2.24, 2.45) is 0 Å². The summed E-state index contributed by atoms with van der Waals surface area (Å²) in [5.74, 6) is 0. The molecule has 0 saturated carbocycles. The van der Waals surface area contributed by atoms with Crippen LogP contribution in [0.1, 0.15) is 32.7 Å². The van der Waals surface area contributed by atoms with Crippen LogP contribution in [0.3, 0.4) is 0 Å². The van der Waals surface area contributed by atoms with Gasteiger partial charge >= 0.3 is 0 Å². The Kier molecular flexibility index (Phi) is 4.38. The normalized spacial score (nSPS) is 11.2. The van der Waals surface area contributed by atoms with Gasteiger partial charge in [-0.1, -0.05) is 49.2 Å². The second kappa shape index (κ2) is 5.85. The summed E-state index contributed by atoms with van der Waals surface area (Å²) >= 11 is 12.3. The number of rotatable bonds is 4. The molecule has 0 aliphatic heterocycles. The minimum atomic E-state index is 0.356. The highest BCUT2D eigenvalue weighted by Crippen LogP contribution is 2.35. The molecule has 0 spiro atoms. The van der Waals surface area contributed by atoms with Crippen molar-refractivity contribution in [3.05, 3.63) is 34.4 Å². The maximum atomic E-state index is 6.22. The molecule has 3 nitrogen and oxygen atoms in total. The third-order valence-corrected chi connectivity index (χ3v) is 4.10. The first-order valence-corrected chi connectivity index (χ1v) is 7.13. The largest absolute Gasteiger partial charge is 0.396 e. The highest BCUT2D eigenvalue weighted by Gasteiger charge is 2.16. The van der Waals surface area contributed by atoms with Gasteiger partial charge in [0.25, 0.3) is 0 Å². The smallest absolute Gasteiger partial charge is 0.117 e. The third kappa shape index (κ3) is 2.72. The van der Waals surface area contributed by atoms with Crippen LogP contribution >= 0.6 is 23.2 Å². The summed E-state index contributed by atoms with van der Waals surface area (Å²) in [4.78, 5) is 0. The van der Waals surface area contributed by atoms with E-state index >= 15 is 0 Å². The zero-order valence-corrected chi connectivity index (χ0v) is 12.5. The minimum absolute atomic E-state index is 0.356. The molecular weight excluding hydrogens is 281 g/mol. The van der Waals surface area contributed by atoms with Gasteiger partial charge in [0.05, 0.1) is 21.8 Å². The number of halogens is 2. The minimum Gasteiger partial charge on any atom is -0.396 e. The molecule has 0 radical (unpaired) electrons. The molecule has 1 aromatic heterocycles. The molecule has 1 aromatic carbocycles. The van der Waals surface area contributed by atoms with E-state index in [1.807, 2.05) is 23.0 Å². The molecule has 0 saturated heterocycles. The molecule has 0 aliphatic rings. The predicted octanol–water partition coefficient (Wildman–Crippen LogP) is 4.80. The average molecular weight is 298 g/mol. The number of anilines is 1. The zero-order chi connectivity index (χ0) is 14.0. The average Bonchev–Trinajstić information content (AvgIpc) is 2.76. The lowest BCUT2D eigenvalue weighted by atomic mass is 10.1. The fraction of sp³-hybridized carbons (Fsp3) is 0.357. The summed E-state index contributed by atoms with van der Waals surface area (Å²) in [7, 11) is 0. The van der Waals surface area contributed by atoms with Crippen LogP contribution in [0.2, 0.25) is 10.0 Å². The highest BCUT2D eigenvalue weighted by atomic mass is 35.5. The quantitative estimate of drug-likeness (QED) is 0.881. The van der Waals surface area contributed by atoms with Crippen LogP contribution in [0.25, 0.3) is 11.3 Å². The number of nitrogens with zero attached hydrogens (tertiary/aromatic N) is 2. The van der Waals surface area contributed by atoms with E-state index in [0.29, 0.717) is 27.5 Å². The zero-order valence-electron chi connectivity index (χ0n) is 11.0. The Hall–Kier alpha value is -1.19. The molecule has 2 aromatic rings. The van der Waals surface area contributed by atoms with E-state index in [1.54, 1.807) is 6.07 Å². The molecule has 0 amide bonds. The van der Waals surface area contributed by atoms with E-state index in [4.69, 9.17) is 28.9 Å². The Morgan fingerprint density at radius 1 is 1.26 bits per heavy atom. The summed E-state index contributed by atoms with van der Waals surface area (Å²) in [6, 6.07) is 5.83. The van der Waals surface area contributed by atoms with Gasteiger partial charge in [0, 0.05) is 11.8 Å². The van der Waals surface area contributed by atoms with Gasteiger partial charge in [0.15, 0.2) is 0 Å². The summed E-state index contributed by atoms with van der Waals surface area (Å²) < 4.78 is 1.92. The molecule has 19 heavy (non-hydrogen) atoms. The predicted molar refractivity (Wildman–Crippen MR) is 81.7 cm³/mol. The first-order valence-electron chi connectivity index (χ1n) is 6.37. The first kappa shape index (κ1) is 14.2.